The zero-order valence-electron chi connectivity index (χ0n) is 62.2. The second-order valence-corrected chi connectivity index (χ2v) is 30.5. The lowest BCUT2D eigenvalue weighted by molar-refractivity contribution is -0.265. The molecular weight excluding hydrogens is 1330 g/mol. The van der Waals surface area contributed by atoms with Gasteiger partial charge in [0.05, 0.1) is 30.3 Å². The average Bonchev–Trinajstić information content (AvgIpc) is 1.63. The number of allylic oxidation sites excluding steroid dienone is 7. The van der Waals surface area contributed by atoms with Crippen LogP contribution in [0.15, 0.2) is 69.4 Å². The Bertz CT molecular complexity index is 3500. The Balaban J connectivity index is 0.859. The quantitative estimate of drug-likeness (QED) is 0.0717. The number of aliphatic hydroxyl groups excluding tert-OH is 1. The Morgan fingerprint density at radius 1 is 0.777 bits per heavy atom. The maximum atomic E-state index is 14.8. The Hall–Kier alpha value is -6.84. The molecule has 1 amide bonds. The number of cyclic esters (lactones) is 2. The third-order valence-corrected chi connectivity index (χ3v) is 23.3. The molecule has 8 aliphatic rings. The topological polar surface area (TPSA) is 329 Å². The van der Waals surface area contributed by atoms with Gasteiger partial charge < -0.3 is 71.6 Å². The maximum Gasteiger partial charge on any atom is 0.342 e. The van der Waals surface area contributed by atoms with Crippen LogP contribution in [0.3, 0.4) is 0 Å². The number of hydrogen-bond acceptors (Lipinski definition) is 24. The number of Topliss-reactive ketones (excluding diaryl/α,β-unsaturated/α-hetero) is 4. The van der Waals surface area contributed by atoms with Crippen molar-refractivity contribution in [3.63, 3.8) is 0 Å². The van der Waals surface area contributed by atoms with Crippen LogP contribution in [0.4, 0.5) is 0 Å². The lowest BCUT2D eigenvalue weighted by Crippen LogP contribution is -2.61. The summed E-state index contributed by atoms with van der Waals surface area (Å²) in [5, 5.41) is 23.8. The minimum atomic E-state index is -2.51. The highest BCUT2D eigenvalue weighted by molar-refractivity contribution is 6.39. The predicted octanol–water partition coefficient (Wildman–Crippen LogP) is 8.64. The van der Waals surface area contributed by atoms with Crippen molar-refractivity contribution in [2.24, 2.45) is 46.8 Å². The molecule has 103 heavy (non-hydrogen) atoms. The van der Waals surface area contributed by atoms with Crippen LogP contribution in [-0.2, 0) is 95.9 Å². The number of hydrogen-bond donors (Lipinski definition) is 2. The van der Waals surface area contributed by atoms with Crippen LogP contribution >= 0.6 is 0 Å². The molecule has 0 aromatic carbocycles. The maximum absolute atomic E-state index is 14.8. The first-order valence-corrected chi connectivity index (χ1v) is 36.6. The SMILES string of the molecule is COC[C@H]1OC(=O)c2coc3c2[C@@]1(C)C1=C(C3=O)C2CC[C@H](OC(=O)COCC(=O)O[C@@H]3CC[C@@H](C[C@@H](C)[C@@H]4CC(=O)[C@H](C)/C=C(\C)[C@@H](O)[C@@H](OC)C(=O)[C@H](C)C[C@H](C)/C=C/C=C/C=C(\C)[C@@H](OC)C[C@@H]5CC[C@@H](C)[C@@](O)(O5)C(=O)C(=O)N5CCCC[C@H]5C(=O)O4)C[C@H]3OC)[C@@]2(C)C[C@H]1OC(C)=O. The van der Waals surface area contributed by atoms with Crippen LogP contribution < -0.4 is 0 Å². The molecule has 25 heteroatoms. The zero-order valence-corrected chi connectivity index (χ0v) is 62.2. The molecular formula is C78H107NO24. The molecule has 2 saturated carbocycles. The number of ether oxygens (including phenoxy) is 11. The summed E-state index contributed by atoms with van der Waals surface area (Å²) in [5.41, 5.74) is 0.369. The number of rotatable bonds is 15. The van der Waals surface area contributed by atoms with Gasteiger partial charge in [-0.1, -0.05) is 78.0 Å². The molecule has 2 bridgehead atoms. The molecule has 4 aliphatic heterocycles. The number of piperidine rings is 1. The van der Waals surface area contributed by atoms with Gasteiger partial charge in [0.25, 0.3) is 11.7 Å². The van der Waals surface area contributed by atoms with E-state index < -0.39 is 174 Å². The number of fused-ring (bicyclic) bond motifs is 6. The largest absolute Gasteiger partial charge is 0.460 e. The van der Waals surface area contributed by atoms with Gasteiger partial charge in [-0.05, 0) is 145 Å². The monoisotopic (exact) mass is 1440 g/mol. The fourth-order valence-electron chi connectivity index (χ4n) is 17.5. The van der Waals surface area contributed by atoms with Gasteiger partial charge in [0.2, 0.25) is 11.6 Å². The van der Waals surface area contributed by atoms with Gasteiger partial charge in [0, 0.05) is 89.1 Å². The zero-order chi connectivity index (χ0) is 75.2. The fraction of sp³-hybridized carbons (Fsp3) is 0.692. The molecule has 0 radical (unpaired) electrons. The van der Waals surface area contributed by atoms with Gasteiger partial charge in [-0.2, -0.15) is 0 Å². The summed E-state index contributed by atoms with van der Waals surface area (Å²) in [7, 11) is 5.86. The number of esters is 5. The number of carbonyl (C=O) groups excluding carboxylic acids is 10. The molecule has 2 N–H and O–H groups in total. The Morgan fingerprint density at radius 3 is 2.19 bits per heavy atom. The van der Waals surface area contributed by atoms with E-state index in [1.54, 1.807) is 40.9 Å². The van der Waals surface area contributed by atoms with Crippen LogP contribution in [0.5, 0.6) is 0 Å². The second kappa shape index (κ2) is 34.2. The first-order chi connectivity index (χ1) is 48.8. The minimum Gasteiger partial charge on any atom is -0.460 e. The lowest BCUT2D eigenvalue weighted by Gasteiger charge is -2.52. The summed E-state index contributed by atoms with van der Waals surface area (Å²) in [4.78, 5) is 141. The summed E-state index contributed by atoms with van der Waals surface area (Å²) in [6, 6.07) is -1.25. The third kappa shape index (κ3) is 17.2. The first kappa shape index (κ1) is 80.3. The van der Waals surface area contributed by atoms with E-state index in [9.17, 15) is 58.2 Å². The smallest absolute Gasteiger partial charge is 0.342 e. The van der Waals surface area contributed by atoms with Crippen molar-refractivity contribution in [3.05, 3.63) is 81.9 Å². The molecule has 4 fully saturated rings. The van der Waals surface area contributed by atoms with Crippen LogP contribution in [0.25, 0.3) is 0 Å². The molecule has 568 valence electrons. The number of ketones is 4. The van der Waals surface area contributed by atoms with Gasteiger partial charge in [0.15, 0.2) is 11.5 Å². The van der Waals surface area contributed by atoms with E-state index >= 15 is 0 Å². The molecule has 9 rings (SSSR count). The van der Waals surface area contributed by atoms with E-state index in [-0.39, 0.29) is 73.6 Å². The molecule has 21 atom stereocenters. The number of nitrogens with zero attached hydrogens (tertiary/aromatic N) is 1. The summed E-state index contributed by atoms with van der Waals surface area (Å²) >= 11 is 0. The molecule has 4 aliphatic carbocycles. The Kier molecular flexibility index (Phi) is 26.6. The minimum absolute atomic E-state index is 0.00926. The van der Waals surface area contributed by atoms with E-state index in [1.165, 1.54) is 34.5 Å². The Labute approximate surface area is 603 Å². The van der Waals surface area contributed by atoms with Crippen molar-refractivity contribution in [2.75, 3.05) is 54.8 Å². The van der Waals surface area contributed by atoms with Gasteiger partial charge in [-0.15, -0.1) is 0 Å². The van der Waals surface area contributed by atoms with Crippen molar-refractivity contribution >= 4 is 58.9 Å². The highest BCUT2D eigenvalue weighted by Gasteiger charge is 2.65. The summed E-state index contributed by atoms with van der Waals surface area (Å²) in [6.07, 6.45) is 8.28. The van der Waals surface area contributed by atoms with Crippen LogP contribution in [0, 0.1) is 46.8 Å². The molecule has 5 heterocycles. The molecule has 0 spiro atoms. The first-order valence-electron chi connectivity index (χ1n) is 36.6. The van der Waals surface area contributed by atoms with Gasteiger partial charge in [-0.3, -0.25) is 28.8 Å². The van der Waals surface area contributed by atoms with Gasteiger partial charge in [-0.25, -0.2) is 19.2 Å². The standard InChI is InChI=1S/C78H107NO24/c1-41-20-16-15-17-21-42(2)56(93-12)34-50-25-23-47(7)78(91,103-50)72(87)73(88)79-29-19-18-22-53(79)75(90)100-57(35-54(81)43(3)31-46(6)68(85)71(95-14)67(84)45(5)30-41)44(4)32-49-24-27-55(58(33-49)94-13)99-62(82)39-96-40-63(83)101-60-28-26-52-64-66(59(98-48(8)80)36-76(52,60)9)77(10)61(38-92-11)102-74(89)51-37-97-70(65(51)77)69(64)86/h15-17,20-21,31,37,41,43-45,47,49-50,52-53,55-61,68,71,85,91H,18-19,22-30,32-36,38-40H2,1-14H3/b17-15+,20-16+,42-21+,46-31+/t41-,43-,44-,45-,47-,49+,50+,52?,53+,55-,56+,57+,58-,59-,60+,61-,68-,71+,76+,77+,78-/m1/s1. The highest BCUT2D eigenvalue weighted by Crippen LogP contribution is 2.63. The van der Waals surface area contributed by atoms with Crippen LogP contribution in [-0.4, -0.2) is 202 Å². The number of carbonyl (C=O) groups is 10. The van der Waals surface area contributed by atoms with Crippen molar-refractivity contribution in [1.29, 1.82) is 0 Å². The fourth-order valence-corrected chi connectivity index (χ4v) is 17.5. The summed E-state index contributed by atoms with van der Waals surface area (Å²) in [5.74, 6) is -12.9. The van der Waals surface area contributed by atoms with Crippen LogP contribution in [0.1, 0.15) is 192 Å². The summed E-state index contributed by atoms with van der Waals surface area (Å²) < 4.78 is 70.9. The molecule has 2 saturated heterocycles. The van der Waals surface area contributed by atoms with E-state index in [0.717, 1.165) is 10.5 Å². The average molecular weight is 1440 g/mol. The number of amides is 1. The lowest BCUT2D eigenvalue weighted by atomic mass is 9.54. The van der Waals surface area contributed by atoms with Crippen molar-refractivity contribution in [2.45, 2.75) is 244 Å². The Morgan fingerprint density at radius 2 is 1.50 bits per heavy atom. The molecule has 1 aromatic rings. The van der Waals surface area contributed by atoms with Crippen molar-refractivity contribution < 1.29 is 115 Å². The number of aliphatic hydroxyl groups is 2. The summed E-state index contributed by atoms with van der Waals surface area (Å²) in [6.45, 7) is 16.1. The third-order valence-electron chi connectivity index (χ3n) is 23.3. The van der Waals surface area contributed by atoms with Crippen molar-refractivity contribution in [3.8, 4) is 0 Å². The normalized spacial score (nSPS) is 37.9. The van der Waals surface area contributed by atoms with Crippen LogP contribution in [0.2, 0.25) is 0 Å². The van der Waals surface area contributed by atoms with Gasteiger partial charge in [0.1, 0.15) is 79.6 Å². The molecule has 25 nitrogen and oxygen atoms in total. The van der Waals surface area contributed by atoms with Crippen molar-refractivity contribution in [1.82, 2.24) is 4.90 Å². The van der Waals surface area contributed by atoms with E-state index in [4.69, 9.17) is 56.5 Å². The van der Waals surface area contributed by atoms with E-state index in [1.807, 2.05) is 65.0 Å². The van der Waals surface area contributed by atoms with Gasteiger partial charge >= 0.3 is 29.8 Å². The number of furan rings is 1. The highest BCUT2D eigenvalue weighted by atomic mass is 16.6. The molecule has 1 unspecified atom stereocenters. The second-order valence-electron chi connectivity index (χ2n) is 30.5. The molecule has 1 aromatic heterocycles. The van der Waals surface area contributed by atoms with E-state index in [2.05, 4.69) is 0 Å². The van der Waals surface area contributed by atoms with E-state index in [0.29, 0.717) is 92.9 Å². The predicted molar refractivity (Wildman–Crippen MR) is 369 cm³/mol. The number of methoxy groups -OCH3 is 4.